The van der Waals surface area contributed by atoms with Gasteiger partial charge in [0.1, 0.15) is 5.03 Å². The number of aliphatic hydroxyl groups is 1. The van der Waals surface area contributed by atoms with Crippen LogP contribution in [0, 0.1) is 11.8 Å². The van der Waals surface area contributed by atoms with E-state index in [2.05, 4.69) is 23.7 Å². The maximum atomic E-state index is 12.3. The first kappa shape index (κ1) is 21.6. The summed E-state index contributed by atoms with van der Waals surface area (Å²) < 4.78 is 0. The van der Waals surface area contributed by atoms with E-state index in [1.165, 1.54) is 11.8 Å². The molecule has 1 unspecified atom stereocenters. The Balaban J connectivity index is 1.70. The van der Waals surface area contributed by atoms with Crippen LogP contribution in [0.15, 0.2) is 41.9 Å². The lowest BCUT2D eigenvalue weighted by Crippen LogP contribution is -2.34. The molecule has 1 saturated heterocycles. The first-order chi connectivity index (χ1) is 14.1. The number of hydrogen-bond acceptors (Lipinski definition) is 6. The minimum atomic E-state index is -0.0642. The second kappa shape index (κ2) is 10.6. The Hall–Kier alpha value is -2.12. The Morgan fingerprint density at radius 1 is 1.34 bits per heavy atom. The van der Waals surface area contributed by atoms with Crippen molar-refractivity contribution < 1.29 is 9.90 Å². The minimum absolute atomic E-state index is 0.00723. The molecule has 1 aromatic heterocycles. The standard InChI is InChI=1S/C22H30N4O2S/c1-3-6-17(14-27)13-23-20(28)15-29-22-21(26-11-9-16(2)10-12-26)24-18-7-4-5-8-19(18)25-22/h3-5,7-8,16-17,27H,1,6,9-15H2,2H3,(H,23,28). The van der Waals surface area contributed by atoms with Gasteiger partial charge in [-0.1, -0.05) is 36.9 Å². The lowest BCUT2D eigenvalue weighted by Gasteiger charge is -2.32. The van der Waals surface area contributed by atoms with Gasteiger partial charge >= 0.3 is 0 Å². The third-order valence-corrected chi connectivity index (χ3v) is 6.24. The SMILES string of the molecule is C=CCC(CO)CNC(=O)CSc1nc2ccccc2nc1N1CCC(C)CC1. The molecule has 1 aliphatic rings. The van der Waals surface area contributed by atoms with E-state index in [0.29, 0.717) is 13.0 Å². The highest BCUT2D eigenvalue weighted by molar-refractivity contribution is 8.00. The Labute approximate surface area is 176 Å². The first-order valence-electron chi connectivity index (χ1n) is 10.2. The number of para-hydroxylation sites is 2. The summed E-state index contributed by atoms with van der Waals surface area (Å²) in [5.41, 5.74) is 1.72. The molecule has 29 heavy (non-hydrogen) atoms. The van der Waals surface area contributed by atoms with Gasteiger partial charge in [-0.2, -0.15) is 0 Å². The first-order valence-corrected chi connectivity index (χ1v) is 11.2. The van der Waals surface area contributed by atoms with Gasteiger partial charge in [0, 0.05) is 32.2 Å². The molecule has 3 rings (SSSR count). The summed E-state index contributed by atoms with van der Waals surface area (Å²) in [6.07, 6.45) is 4.73. The van der Waals surface area contributed by atoms with E-state index in [4.69, 9.17) is 9.97 Å². The number of aromatic nitrogens is 2. The Bertz CT molecular complexity index is 837. The summed E-state index contributed by atoms with van der Waals surface area (Å²) in [5, 5.41) is 13.1. The van der Waals surface area contributed by atoms with E-state index < -0.39 is 0 Å². The van der Waals surface area contributed by atoms with Crippen LogP contribution < -0.4 is 10.2 Å². The van der Waals surface area contributed by atoms with Crippen LogP contribution in [0.25, 0.3) is 11.0 Å². The summed E-state index contributed by atoms with van der Waals surface area (Å²) in [6.45, 7) is 8.39. The van der Waals surface area contributed by atoms with Crippen LogP contribution in [0.4, 0.5) is 5.82 Å². The summed E-state index contributed by atoms with van der Waals surface area (Å²) in [4.78, 5) is 24.3. The number of allylic oxidation sites excluding steroid dienone is 1. The van der Waals surface area contributed by atoms with E-state index in [0.717, 1.165) is 53.7 Å². The van der Waals surface area contributed by atoms with E-state index in [9.17, 15) is 9.90 Å². The molecule has 2 heterocycles. The molecule has 6 nitrogen and oxygen atoms in total. The van der Waals surface area contributed by atoms with E-state index in [1.807, 2.05) is 24.3 Å². The molecular weight excluding hydrogens is 384 g/mol. The molecule has 0 bridgehead atoms. The number of benzene rings is 1. The molecule has 2 N–H and O–H groups in total. The topological polar surface area (TPSA) is 78.3 Å². The molecular formula is C22H30N4O2S. The molecule has 1 fully saturated rings. The van der Waals surface area contributed by atoms with Crippen molar-refractivity contribution in [3.05, 3.63) is 36.9 Å². The summed E-state index contributed by atoms with van der Waals surface area (Å²) in [5.74, 6) is 1.83. The molecule has 1 aliphatic heterocycles. The van der Waals surface area contributed by atoms with Crippen molar-refractivity contribution in [2.75, 3.05) is 36.9 Å². The Kier molecular flexibility index (Phi) is 7.89. The van der Waals surface area contributed by atoms with Crippen molar-refractivity contribution >= 4 is 34.5 Å². The third-order valence-electron chi connectivity index (χ3n) is 5.29. The third kappa shape index (κ3) is 5.93. The largest absolute Gasteiger partial charge is 0.396 e. The summed E-state index contributed by atoms with van der Waals surface area (Å²) in [6, 6.07) is 7.86. The fourth-order valence-corrected chi connectivity index (χ4v) is 4.24. The van der Waals surface area contributed by atoms with Crippen molar-refractivity contribution in [2.24, 2.45) is 11.8 Å². The number of thioether (sulfide) groups is 1. The smallest absolute Gasteiger partial charge is 0.230 e. The predicted octanol–water partition coefficient (Wildman–Crippen LogP) is 3.26. The molecule has 2 aromatic rings. The molecule has 7 heteroatoms. The van der Waals surface area contributed by atoms with Crippen LogP contribution in [0.3, 0.4) is 0 Å². The molecule has 1 aromatic carbocycles. The highest BCUT2D eigenvalue weighted by Gasteiger charge is 2.22. The number of nitrogens with one attached hydrogen (secondary N) is 1. The number of aliphatic hydroxyl groups excluding tert-OH is 1. The zero-order valence-corrected chi connectivity index (χ0v) is 17.8. The van der Waals surface area contributed by atoms with Gasteiger partial charge in [-0.25, -0.2) is 9.97 Å². The number of amides is 1. The molecule has 0 saturated carbocycles. The summed E-state index contributed by atoms with van der Waals surface area (Å²) in [7, 11) is 0. The van der Waals surface area contributed by atoms with Gasteiger partial charge in [0.25, 0.3) is 0 Å². The average Bonchev–Trinajstić information content (AvgIpc) is 2.75. The average molecular weight is 415 g/mol. The molecule has 156 valence electrons. The maximum absolute atomic E-state index is 12.3. The van der Waals surface area contributed by atoms with Crippen molar-refractivity contribution in [2.45, 2.75) is 31.2 Å². The molecule has 0 radical (unpaired) electrons. The van der Waals surface area contributed by atoms with Crippen LogP contribution in [0.1, 0.15) is 26.2 Å². The van der Waals surface area contributed by atoms with Crippen LogP contribution in [0.5, 0.6) is 0 Å². The number of carbonyl (C=O) groups is 1. The van der Waals surface area contributed by atoms with Gasteiger partial charge in [-0.05, 0) is 37.3 Å². The normalized spacial score (nSPS) is 16.0. The second-order valence-corrected chi connectivity index (χ2v) is 8.64. The molecule has 0 aliphatic carbocycles. The highest BCUT2D eigenvalue weighted by atomic mass is 32.2. The lowest BCUT2D eigenvalue weighted by atomic mass is 9.99. The predicted molar refractivity (Wildman–Crippen MR) is 119 cm³/mol. The highest BCUT2D eigenvalue weighted by Crippen LogP contribution is 2.31. The molecule has 1 amide bonds. The van der Waals surface area contributed by atoms with E-state index in [-0.39, 0.29) is 24.2 Å². The monoisotopic (exact) mass is 414 g/mol. The van der Waals surface area contributed by atoms with Gasteiger partial charge in [0.2, 0.25) is 5.91 Å². The van der Waals surface area contributed by atoms with Crippen LogP contribution in [-0.4, -0.2) is 53.0 Å². The van der Waals surface area contributed by atoms with Crippen LogP contribution >= 0.6 is 11.8 Å². The lowest BCUT2D eigenvalue weighted by molar-refractivity contribution is -0.118. The number of anilines is 1. The van der Waals surface area contributed by atoms with Gasteiger partial charge in [-0.15, -0.1) is 6.58 Å². The fraction of sp³-hybridized carbons (Fsp3) is 0.500. The molecule has 1 atom stereocenters. The second-order valence-electron chi connectivity index (χ2n) is 7.68. The van der Waals surface area contributed by atoms with Crippen LogP contribution in [-0.2, 0) is 4.79 Å². The van der Waals surface area contributed by atoms with Crippen molar-refractivity contribution in [3.63, 3.8) is 0 Å². The zero-order chi connectivity index (χ0) is 20.6. The van der Waals surface area contributed by atoms with Crippen molar-refractivity contribution in [1.29, 1.82) is 0 Å². The number of nitrogens with zero attached hydrogens (tertiary/aromatic N) is 3. The van der Waals surface area contributed by atoms with Crippen molar-refractivity contribution in [1.82, 2.24) is 15.3 Å². The number of rotatable bonds is 9. The van der Waals surface area contributed by atoms with E-state index in [1.54, 1.807) is 6.08 Å². The fourth-order valence-electron chi connectivity index (χ4n) is 3.40. The number of hydrogen-bond donors (Lipinski definition) is 2. The van der Waals surface area contributed by atoms with Gasteiger partial charge in [0.15, 0.2) is 5.82 Å². The Morgan fingerprint density at radius 2 is 2.03 bits per heavy atom. The zero-order valence-electron chi connectivity index (χ0n) is 17.0. The Morgan fingerprint density at radius 3 is 2.69 bits per heavy atom. The van der Waals surface area contributed by atoms with Gasteiger partial charge < -0.3 is 15.3 Å². The number of piperidine rings is 1. The van der Waals surface area contributed by atoms with Crippen LogP contribution in [0.2, 0.25) is 0 Å². The van der Waals surface area contributed by atoms with Crippen molar-refractivity contribution in [3.8, 4) is 0 Å². The van der Waals surface area contributed by atoms with Gasteiger partial charge in [0.05, 0.1) is 16.8 Å². The number of carbonyl (C=O) groups excluding carboxylic acids is 1. The quantitative estimate of drug-likeness (QED) is 0.484. The number of fused-ring (bicyclic) bond motifs is 1. The van der Waals surface area contributed by atoms with E-state index >= 15 is 0 Å². The van der Waals surface area contributed by atoms with Gasteiger partial charge in [-0.3, -0.25) is 4.79 Å². The molecule has 0 spiro atoms. The maximum Gasteiger partial charge on any atom is 0.230 e. The summed E-state index contributed by atoms with van der Waals surface area (Å²) >= 11 is 1.43. The minimum Gasteiger partial charge on any atom is -0.396 e.